The van der Waals surface area contributed by atoms with E-state index in [2.05, 4.69) is 20.1 Å². The van der Waals surface area contributed by atoms with Crippen LogP contribution in [-0.2, 0) is 0 Å². The largest absolute Gasteiger partial charge is 0.434 e. The van der Waals surface area contributed by atoms with Gasteiger partial charge in [0.2, 0.25) is 5.95 Å². The molecule has 0 aliphatic carbocycles. The smallest absolute Gasteiger partial charge is 0.387 e. The maximum atomic E-state index is 12.8. The molecule has 0 saturated carbocycles. The highest BCUT2D eigenvalue weighted by Crippen LogP contribution is 2.36. The number of halogens is 2. The first-order valence-electron chi connectivity index (χ1n) is 7.70. The molecule has 7 heteroatoms. The van der Waals surface area contributed by atoms with Crippen LogP contribution in [0.5, 0.6) is 5.75 Å². The van der Waals surface area contributed by atoms with Crippen LogP contribution in [-0.4, -0.2) is 21.4 Å². The molecule has 0 fully saturated rings. The van der Waals surface area contributed by atoms with E-state index in [1.165, 1.54) is 12.4 Å². The third-order valence-corrected chi connectivity index (χ3v) is 3.95. The van der Waals surface area contributed by atoms with Gasteiger partial charge in [-0.1, -0.05) is 48.5 Å². The summed E-state index contributed by atoms with van der Waals surface area (Å²) in [5, 5.41) is 7.43. The van der Waals surface area contributed by atoms with Crippen molar-refractivity contribution in [2.75, 3.05) is 5.32 Å². The number of aromatic nitrogens is 3. The Labute approximate surface area is 142 Å². The van der Waals surface area contributed by atoms with E-state index in [1.54, 1.807) is 22.9 Å². The molecule has 0 amide bonds. The van der Waals surface area contributed by atoms with Crippen LogP contribution < -0.4 is 10.1 Å². The Kier molecular flexibility index (Phi) is 3.89. The van der Waals surface area contributed by atoms with Crippen molar-refractivity contribution in [3.05, 3.63) is 78.1 Å². The number of benzene rings is 2. The van der Waals surface area contributed by atoms with Crippen LogP contribution in [0.1, 0.15) is 17.2 Å². The zero-order chi connectivity index (χ0) is 17.2. The number of alkyl halides is 2. The molecule has 2 heterocycles. The number of anilines is 1. The molecule has 4 rings (SSSR count). The third kappa shape index (κ3) is 2.96. The number of fused-ring (bicyclic) bond motifs is 1. The highest BCUT2D eigenvalue weighted by atomic mass is 19.3. The van der Waals surface area contributed by atoms with Crippen molar-refractivity contribution in [3.63, 3.8) is 0 Å². The summed E-state index contributed by atoms with van der Waals surface area (Å²) in [4.78, 5) is 4.21. The molecule has 2 aromatic carbocycles. The minimum absolute atomic E-state index is 0.120. The molecule has 1 N–H and O–H groups in total. The van der Waals surface area contributed by atoms with Crippen LogP contribution in [0.2, 0.25) is 0 Å². The van der Waals surface area contributed by atoms with Crippen LogP contribution >= 0.6 is 0 Å². The van der Waals surface area contributed by atoms with E-state index in [0.29, 0.717) is 11.5 Å². The monoisotopic (exact) mass is 340 g/mol. The predicted octanol–water partition coefficient (Wildman–Crippen LogP) is 3.94. The van der Waals surface area contributed by atoms with Gasteiger partial charge in [0.05, 0.1) is 0 Å². The van der Waals surface area contributed by atoms with E-state index in [-0.39, 0.29) is 5.75 Å². The first kappa shape index (κ1) is 15.3. The molecule has 1 aliphatic rings. The zero-order valence-corrected chi connectivity index (χ0v) is 13.0. The van der Waals surface area contributed by atoms with Gasteiger partial charge in [-0.2, -0.15) is 18.9 Å². The molecular weight excluding hydrogens is 326 g/mol. The van der Waals surface area contributed by atoms with E-state index in [1.807, 2.05) is 36.4 Å². The van der Waals surface area contributed by atoms with Crippen LogP contribution in [0.3, 0.4) is 0 Å². The van der Waals surface area contributed by atoms with Gasteiger partial charge >= 0.3 is 6.61 Å². The molecule has 1 aromatic heterocycles. The normalized spacial score (nSPS) is 16.1. The second kappa shape index (κ2) is 6.35. The fourth-order valence-corrected chi connectivity index (χ4v) is 2.87. The van der Waals surface area contributed by atoms with Gasteiger partial charge < -0.3 is 10.1 Å². The van der Waals surface area contributed by atoms with Gasteiger partial charge in [0.1, 0.15) is 18.1 Å². The summed E-state index contributed by atoms with van der Waals surface area (Å²) < 4.78 is 31.8. The lowest BCUT2D eigenvalue weighted by molar-refractivity contribution is -0.0506. The second-order valence-corrected chi connectivity index (χ2v) is 5.46. The van der Waals surface area contributed by atoms with E-state index >= 15 is 0 Å². The Morgan fingerprint density at radius 2 is 1.80 bits per heavy atom. The first-order valence-corrected chi connectivity index (χ1v) is 7.70. The minimum Gasteiger partial charge on any atom is -0.434 e. The van der Waals surface area contributed by atoms with E-state index in [4.69, 9.17) is 0 Å². The molecule has 0 bridgehead atoms. The highest BCUT2D eigenvalue weighted by Gasteiger charge is 2.26. The number of allylic oxidation sites excluding steroid dienone is 1. The fourth-order valence-electron chi connectivity index (χ4n) is 2.87. The van der Waals surface area contributed by atoms with Crippen molar-refractivity contribution in [2.24, 2.45) is 0 Å². The Balaban J connectivity index is 1.82. The first-order chi connectivity index (χ1) is 12.2. The quantitative estimate of drug-likeness (QED) is 0.782. The fraction of sp³-hybridized carbons (Fsp3) is 0.111. The highest BCUT2D eigenvalue weighted by molar-refractivity contribution is 5.77. The zero-order valence-electron chi connectivity index (χ0n) is 13.0. The van der Waals surface area contributed by atoms with Crippen molar-refractivity contribution in [1.82, 2.24) is 14.8 Å². The van der Waals surface area contributed by atoms with Crippen molar-refractivity contribution in [2.45, 2.75) is 12.7 Å². The maximum absolute atomic E-state index is 12.8. The number of hydrogen-bond acceptors (Lipinski definition) is 4. The lowest BCUT2D eigenvalue weighted by atomic mass is 10.0. The Hall–Kier alpha value is -3.22. The van der Waals surface area contributed by atoms with Gasteiger partial charge in [0.25, 0.3) is 0 Å². The second-order valence-electron chi connectivity index (χ2n) is 5.46. The van der Waals surface area contributed by atoms with Crippen LogP contribution in [0.25, 0.3) is 5.70 Å². The third-order valence-electron chi connectivity index (χ3n) is 3.95. The number of rotatable bonds is 4. The summed E-state index contributed by atoms with van der Waals surface area (Å²) in [6.07, 6.45) is 3.35. The summed E-state index contributed by atoms with van der Waals surface area (Å²) in [7, 11) is 0. The van der Waals surface area contributed by atoms with Crippen molar-refractivity contribution in [3.8, 4) is 5.75 Å². The van der Waals surface area contributed by atoms with Gasteiger partial charge in [0, 0.05) is 11.3 Å². The summed E-state index contributed by atoms with van der Waals surface area (Å²) in [5.41, 5.74) is 2.39. The van der Waals surface area contributed by atoms with Crippen LogP contribution in [0, 0.1) is 0 Å². The molecule has 0 radical (unpaired) electrons. The van der Waals surface area contributed by atoms with Gasteiger partial charge in [-0.05, 0) is 17.7 Å². The molecule has 0 unspecified atom stereocenters. The number of nitrogens with one attached hydrogen (secondary N) is 1. The summed E-state index contributed by atoms with van der Waals surface area (Å²) in [5.74, 6) is 0.660. The number of nitrogens with zero attached hydrogens (tertiary/aromatic N) is 3. The van der Waals surface area contributed by atoms with Crippen molar-refractivity contribution < 1.29 is 13.5 Å². The van der Waals surface area contributed by atoms with E-state index < -0.39 is 12.7 Å². The Bertz CT molecular complexity index is 908. The molecule has 3 aromatic rings. The number of ether oxygens (including phenoxy) is 1. The Morgan fingerprint density at radius 1 is 1.04 bits per heavy atom. The van der Waals surface area contributed by atoms with Gasteiger partial charge in [0.15, 0.2) is 0 Å². The van der Waals surface area contributed by atoms with Gasteiger partial charge in [-0.25, -0.2) is 4.68 Å². The van der Waals surface area contributed by atoms with Gasteiger partial charge in [-0.3, -0.25) is 0 Å². The summed E-state index contributed by atoms with van der Waals surface area (Å²) in [6.45, 7) is -2.89. The molecule has 25 heavy (non-hydrogen) atoms. The molecule has 126 valence electrons. The average molecular weight is 340 g/mol. The molecule has 1 aliphatic heterocycles. The van der Waals surface area contributed by atoms with Crippen molar-refractivity contribution >= 4 is 11.6 Å². The molecule has 5 nitrogen and oxygen atoms in total. The van der Waals surface area contributed by atoms with Gasteiger partial charge in [-0.15, -0.1) is 0 Å². The lowest BCUT2D eigenvalue weighted by Gasteiger charge is -2.25. The number of hydrogen-bond donors (Lipinski definition) is 1. The van der Waals surface area contributed by atoms with Crippen molar-refractivity contribution in [1.29, 1.82) is 0 Å². The maximum Gasteiger partial charge on any atom is 0.387 e. The van der Waals surface area contributed by atoms with E-state index in [9.17, 15) is 8.78 Å². The number of para-hydroxylation sites is 1. The van der Waals surface area contributed by atoms with E-state index in [0.717, 1.165) is 11.3 Å². The average Bonchev–Trinajstić information content (AvgIpc) is 3.10. The summed E-state index contributed by atoms with van der Waals surface area (Å²) in [6, 6.07) is 16.0. The van der Waals surface area contributed by atoms with Crippen LogP contribution in [0.4, 0.5) is 14.7 Å². The topological polar surface area (TPSA) is 52.0 Å². The Morgan fingerprint density at radius 3 is 2.60 bits per heavy atom. The summed E-state index contributed by atoms with van der Waals surface area (Å²) >= 11 is 0. The lowest BCUT2D eigenvalue weighted by Crippen LogP contribution is -2.21. The molecular formula is C18H14F2N4O. The van der Waals surface area contributed by atoms with Crippen LogP contribution in [0.15, 0.2) is 67.0 Å². The standard InChI is InChI=1S/C18H14F2N4O/c19-17(20)25-16-9-5-4-8-13(16)15-10-14(12-6-2-1-3-7-12)23-18-21-11-22-24(15)18/h1-11,15,17H,(H,21,22,23)/t15-/m1/s1. The SMILES string of the molecule is FC(F)Oc1ccccc1[C@H]1C=C(c2ccccc2)Nc2ncnn21. The minimum atomic E-state index is -2.89. The molecule has 1 atom stereocenters. The molecule has 0 saturated heterocycles. The predicted molar refractivity (Wildman–Crippen MR) is 89.3 cm³/mol. The molecule has 0 spiro atoms.